The standard InChI is InChI=1S/C16H20N4O3S/c1-19(2)13(22)7-17-12(21)8-20-9-18-15-14(16(20)23)10-5-3-4-6-11(10)24-15/h9H,3-8H2,1-2H3,(H,17,21). The lowest BCUT2D eigenvalue weighted by molar-refractivity contribution is -0.131. The monoisotopic (exact) mass is 348 g/mol. The number of nitrogens with one attached hydrogen (secondary N) is 1. The van der Waals surface area contributed by atoms with Crippen molar-refractivity contribution in [1.29, 1.82) is 0 Å². The fraction of sp³-hybridized carbons (Fsp3) is 0.500. The average Bonchev–Trinajstić information content (AvgIpc) is 2.94. The molecule has 1 aliphatic rings. The van der Waals surface area contributed by atoms with E-state index in [0.29, 0.717) is 5.39 Å². The van der Waals surface area contributed by atoms with Crippen LogP contribution in [0.3, 0.4) is 0 Å². The number of hydrogen-bond donors (Lipinski definition) is 1. The smallest absolute Gasteiger partial charge is 0.262 e. The first-order chi connectivity index (χ1) is 11.5. The summed E-state index contributed by atoms with van der Waals surface area (Å²) in [5, 5.41) is 3.19. The van der Waals surface area contributed by atoms with E-state index in [2.05, 4.69) is 10.3 Å². The predicted octanol–water partition coefficient (Wildman–Crippen LogP) is 0.541. The van der Waals surface area contributed by atoms with Crippen molar-refractivity contribution in [3.63, 3.8) is 0 Å². The minimum atomic E-state index is -0.377. The molecule has 0 aromatic carbocycles. The highest BCUT2D eigenvalue weighted by Crippen LogP contribution is 2.33. The summed E-state index contributed by atoms with van der Waals surface area (Å²) in [6.07, 6.45) is 5.55. The lowest BCUT2D eigenvalue weighted by Crippen LogP contribution is -2.39. The highest BCUT2D eigenvalue weighted by atomic mass is 32.1. The van der Waals surface area contributed by atoms with Crippen LogP contribution in [0.4, 0.5) is 0 Å². The third-order valence-corrected chi connectivity index (χ3v) is 5.39. The predicted molar refractivity (Wildman–Crippen MR) is 92.2 cm³/mol. The van der Waals surface area contributed by atoms with E-state index in [9.17, 15) is 14.4 Å². The van der Waals surface area contributed by atoms with Crippen LogP contribution in [0.5, 0.6) is 0 Å². The molecular weight excluding hydrogens is 328 g/mol. The Kier molecular flexibility index (Phi) is 4.66. The Balaban J connectivity index is 1.80. The Hall–Kier alpha value is -2.22. The van der Waals surface area contributed by atoms with E-state index in [1.807, 2.05) is 0 Å². The van der Waals surface area contributed by atoms with E-state index in [4.69, 9.17) is 0 Å². The molecule has 128 valence electrons. The number of aryl methyl sites for hydroxylation is 2. The van der Waals surface area contributed by atoms with E-state index in [1.165, 1.54) is 20.7 Å². The van der Waals surface area contributed by atoms with Crippen molar-refractivity contribution in [2.45, 2.75) is 32.2 Å². The molecule has 3 rings (SSSR count). The fourth-order valence-electron chi connectivity index (χ4n) is 2.84. The van der Waals surface area contributed by atoms with Crippen molar-refractivity contribution in [2.75, 3.05) is 20.6 Å². The summed E-state index contributed by atoms with van der Waals surface area (Å²) in [7, 11) is 3.24. The molecule has 0 radical (unpaired) electrons. The lowest BCUT2D eigenvalue weighted by Gasteiger charge is -2.12. The van der Waals surface area contributed by atoms with Gasteiger partial charge in [0.25, 0.3) is 5.56 Å². The summed E-state index contributed by atoms with van der Waals surface area (Å²) in [5.74, 6) is -0.575. The van der Waals surface area contributed by atoms with Crippen LogP contribution in [-0.2, 0) is 29.0 Å². The summed E-state index contributed by atoms with van der Waals surface area (Å²) >= 11 is 1.58. The molecule has 0 unspecified atom stereocenters. The molecule has 0 aliphatic heterocycles. The third kappa shape index (κ3) is 3.19. The highest BCUT2D eigenvalue weighted by Gasteiger charge is 2.20. The van der Waals surface area contributed by atoms with E-state index in [-0.39, 0.29) is 30.5 Å². The van der Waals surface area contributed by atoms with Gasteiger partial charge in [-0.3, -0.25) is 19.0 Å². The molecule has 0 fully saturated rings. The molecule has 1 aliphatic carbocycles. The normalized spacial score (nSPS) is 13.6. The number of rotatable bonds is 4. The van der Waals surface area contributed by atoms with E-state index < -0.39 is 0 Å². The number of thiophene rings is 1. The number of fused-ring (bicyclic) bond motifs is 3. The van der Waals surface area contributed by atoms with Crippen molar-refractivity contribution in [3.05, 3.63) is 27.1 Å². The van der Waals surface area contributed by atoms with Crippen molar-refractivity contribution >= 4 is 33.4 Å². The first-order valence-corrected chi connectivity index (χ1v) is 8.75. The van der Waals surface area contributed by atoms with Gasteiger partial charge in [0, 0.05) is 19.0 Å². The maximum absolute atomic E-state index is 12.7. The second kappa shape index (κ2) is 6.72. The zero-order valence-electron chi connectivity index (χ0n) is 13.8. The minimum Gasteiger partial charge on any atom is -0.347 e. The van der Waals surface area contributed by atoms with Gasteiger partial charge in [-0.15, -0.1) is 11.3 Å². The van der Waals surface area contributed by atoms with Gasteiger partial charge in [0.1, 0.15) is 11.4 Å². The number of carbonyl (C=O) groups is 2. The third-order valence-electron chi connectivity index (χ3n) is 4.19. The zero-order chi connectivity index (χ0) is 17.3. The Labute approximate surface area is 143 Å². The molecule has 0 spiro atoms. The van der Waals surface area contributed by atoms with Crippen molar-refractivity contribution in [1.82, 2.24) is 19.8 Å². The van der Waals surface area contributed by atoms with E-state index in [0.717, 1.165) is 36.1 Å². The van der Waals surface area contributed by atoms with E-state index in [1.54, 1.807) is 25.4 Å². The van der Waals surface area contributed by atoms with Crippen LogP contribution in [0, 0.1) is 0 Å². The maximum atomic E-state index is 12.7. The highest BCUT2D eigenvalue weighted by molar-refractivity contribution is 7.18. The van der Waals surface area contributed by atoms with Crippen LogP contribution in [0.2, 0.25) is 0 Å². The van der Waals surface area contributed by atoms with Gasteiger partial charge in [0.2, 0.25) is 11.8 Å². The number of amides is 2. The van der Waals surface area contributed by atoms with Gasteiger partial charge < -0.3 is 10.2 Å². The lowest BCUT2D eigenvalue weighted by atomic mass is 9.97. The van der Waals surface area contributed by atoms with Gasteiger partial charge in [-0.05, 0) is 31.2 Å². The molecule has 1 N–H and O–H groups in total. The molecule has 0 saturated carbocycles. The van der Waals surface area contributed by atoms with Gasteiger partial charge in [-0.2, -0.15) is 0 Å². The van der Waals surface area contributed by atoms with Crippen LogP contribution in [-0.4, -0.2) is 46.9 Å². The Morgan fingerprint density at radius 1 is 1.33 bits per heavy atom. The summed E-state index contributed by atoms with van der Waals surface area (Å²) in [5.41, 5.74) is 0.935. The average molecular weight is 348 g/mol. The maximum Gasteiger partial charge on any atom is 0.262 e. The fourth-order valence-corrected chi connectivity index (χ4v) is 4.06. The first kappa shape index (κ1) is 16.6. The quantitative estimate of drug-likeness (QED) is 0.874. The molecule has 7 nitrogen and oxygen atoms in total. The molecule has 2 heterocycles. The molecule has 2 aromatic rings. The van der Waals surface area contributed by atoms with Gasteiger partial charge in [-0.1, -0.05) is 0 Å². The summed E-state index contributed by atoms with van der Waals surface area (Å²) in [6, 6.07) is 0. The Bertz CT molecular complexity index is 853. The largest absolute Gasteiger partial charge is 0.347 e. The second-order valence-corrected chi connectivity index (χ2v) is 7.22. The van der Waals surface area contributed by atoms with Gasteiger partial charge in [-0.25, -0.2) is 4.98 Å². The Morgan fingerprint density at radius 3 is 2.83 bits per heavy atom. The second-order valence-electron chi connectivity index (χ2n) is 6.13. The van der Waals surface area contributed by atoms with Gasteiger partial charge in [0.15, 0.2) is 0 Å². The van der Waals surface area contributed by atoms with Crippen molar-refractivity contribution < 1.29 is 9.59 Å². The summed E-state index contributed by atoms with van der Waals surface area (Å²) < 4.78 is 1.32. The number of likely N-dealkylation sites (N-methyl/N-ethyl adjacent to an activating group) is 1. The molecule has 2 aromatic heterocycles. The zero-order valence-corrected chi connectivity index (χ0v) is 14.6. The molecular formula is C16H20N4O3S. The van der Waals surface area contributed by atoms with Gasteiger partial charge >= 0.3 is 0 Å². The molecule has 0 atom stereocenters. The van der Waals surface area contributed by atoms with Gasteiger partial charge in [0.05, 0.1) is 18.3 Å². The number of nitrogens with zero attached hydrogens (tertiary/aromatic N) is 3. The van der Waals surface area contributed by atoms with Crippen LogP contribution in [0.25, 0.3) is 10.2 Å². The van der Waals surface area contributed by atoms with Crippen LogP contribution in [0.1, 0.15) is 23.3 Å². The van der Waals surface area contributed by atoms with Crippen LogP contribution in [0.15, 0.2) is 11.1 Å². The molecule has 2 amide bonds. The number of carbonyl (C=O) groups excluding carboxylic acids is 2. The number of hydrogen-bond acceptors (Lipinski definition) is 5. The SMILES string of the molecule is CN(C)C(=O)CNC(=O)Cn1cnc2sc3c(c2c1=O)CCCC3. The summed E-state index contributed by atoms with van der Waals surface area (Å²) in [4.78, 5) is 44.0. The van der Waals surface area contributed by atoms with Crippen LogP contribution < -0.4 is 10.9 Å². The topological polar surface area (TPSA) is 84.3 Å². The first-order valence-electron chi connectivity index (χ1n) is 7.94. The molecule has 0 bridgehead atoms. The molecule has 24 heavy (non-hydrogen) atoms. The van der Waals surface area contributed by atoms with E-state index >= 15 is 0 Å². The Morgan fingerprint density at radius 2 is 2.08 bits per heavy atom. The minimum absolute atomic E-state index is 0.0793. The van der Waals surface area contributed by atoms with Crippen molar-refractivity contribution in [2.24, 2.45) is 0 Å². The summed E-state index contributed by atoms with van der Waals surface area (Å²) in [6.45, 7) is -0.211. The van der Waals surface area contributed by atoms with Crippen molar-refractivity contribution in [3.8, 4) is 0 Å². The molecule has 8 heteroatoms. The molecule has 0 saturated heterocycles. The van der Waals surface area contributed by atoms with Crippen LogP contribution >= 0.6 is 11.3 Å². The number of aromatic nitrogens is 2.